The first-order valence-electron chi connectivity index (χ1n) is 16.2. The van der Waals surface area contributed by atoms with E-state index in [1.54, 1.807) is 0 Å². The molecule has 0 spiro atoms. The lowest BCUT2D eigenvalue weighted by molar-refractivity contribution is 0.665. The first kappa shape index (κ1) is 25.8. The van der Waals surface area contributed by atoms with Crippen LogP contribution in [0, 0.1) is 0 Å². The highest BCUT2D eigenvalue weighted by Gasteiger charge is 2.38. The highest BCUT2D eigenvalue weighted by molar-refractivity contribution is 8.01. The summed E-state index contributed by atoms with van der Waals surface area (Å²) >= 11 is 3.79. The highest BCUT2D eigenvalue weighted by atomic mass is 32.2. The first-order chi connectivity index (χ1) is 23.8. The van der Waals surface area contributed by atoms with Gasteiger partial charge in [-0.05, 0) is 47.9 Å². The lowest BCUT2D eigenvalue weighted by Gasteiger charge is -2.33. The summed E-state index contributed by atoms with van der Waals surface area (Å²) in [5.74, 6) is 0. The normalized spacial score (nSPS) is 13.6. The number of fused-ring (bicyclic) bond motifs is 16. The second-order valence-corrected chi connectivity index (χ2v) is 14.9. The Morgan fingerprint density at radius 3 is 1.62 bits per heavy atom. The lowest BCUT2D eigenvalue weighted by Crippen LogP contribution is -2.58. The maximum Gasteiger partial charge on any atom is 0.247 e. The maximum absolute atomic E-state index is 6.78. The van der Waals surface area contributed by atoms with E-state index in [4.69, 9.17) is 8.83 Å². The van der Waals surface area contributed by atoms with Crippen molar-refractivity contribution in [3.05, 3.63) is 133 Å². The third-order valence-corrected chi connectivity index (χ3v) is 12.6. The summed E-state index contributed by atoms with van der Waals surface area (Å²) in [6.07, 6.45) is 0. The van der Waals surface area contributed by atoms with Crippen molar-refractivity contribution in [2.45, 2.75) is 19.6 Å². The molecule has 0 amide bonds. The molecule has 12 rings (SSSR count). The quantitative estimate of drug-likeness (QED) is 0.166. The van der Waals surface area contributed by atoms with Crippen LogP contribution in [0.15, 0.2) is 162 Å². The van der Waals surface area contributed by atoms with E-state index in [2.05, 4.69) is 132 Å². The number of aromatic nitrogens is 1. The molecule has 6 heteroatoms. The first-order valence-corrected chi connectivity index (χ1v) is 17.8. The Kier molecular flexibility index (Phi) is 4.93. The molecule has 0 aliphatic carbocycles. The van der Waals surface area contributed by atoms with Gasteiger partial charge in [-0.15, -0.1) is 0 Å². The molecule has 2 aliphatic heterocycles. The minimum atomic E-state index is 0.219. The SMILES string of the molecule is c1ccc2c(c1)Sc1cc(-n3c4ccccc4c4c5oc6ccccc6c5c5oc6ccccc6c5c43)cc3c1B2c1ccccc1S3. The minimum Gasteiger partial charge on any atom is -0.455 e. The van der Waals surface area contributed by atoms with Crippen LogP contribution in [0.4, 0.5) is 0 Å². The lowest BCUT2D eigenvalue weighted by atomic mass is 9.36. The van der Waals surface area contributed by atoms with Crippen LogP contribution in [0.25, 0.3) is 71.4 Å². The zero-order valence-electron chi connectivity index (χ0n) is 25.4. The van der Waals surface area contributed by atoms with Crippen LogP contribution in [-0.4, -0.2) is 11.3 Å². The van der Waals surface area contributed by atoms with Crippen molar-refractivity contribution in [2.24, 2.45) is 0 Å². The van der Waals surface area contributed by atoms with Crippen molar-refractivity contribution >= 4 is 112 Å². The molecule has 48 heavy (non-hydrogen) atoms. The van der Waals surface area contributed by atoms with Crippen LogP contribution < -0.4 is 16.4 Å². The van der Waals surface area contributed by atoms with E-state index in [1.165, 1.54) is 41.4 Å². The number of nitrogens with zero attached hydrogens (tertiary/aromatic N) is 1. The summed E-state index contributed by atoms with van der Waals surface area (Å²) in [5, 5.41) is 6.63. The molecule has 0 unspecified atom stereocenters. The Morgan fingerprint density at radius 2 is 0.979 bits per heavy atom. The number of para-hydroxylation sites is 3. The Balaban J connectivity index is 1.27. The molecule has 0 radical (unpaired) electrons. The molecule has 0 saturated carbocycles. The highest BCUT2D eigenvalue weighted by Crippen LogP contribution is 2.49. The summed E-state index contributed by atoms with van der Waals surface area (Å²) in [4.78, 5) is 5.29. The van der Waals surface area contributed by atoms with Gasteiger partial charge in [0, 0.05) is 41.4 Å². The Morgan fingerprint density at radius 1 is 0.479 bits per heavy atom. The van der Waals surface area contributed by atoms with Gasteiger partial charge in [-0.3, -0.25) is 0 Å². The van der Waals surface area contributed by atoms with Gasteiger partial charge >= 0.3 is 0 Å². The van der Waals surface area contributed by atoms with E-state index in [-0.39, 0.29) is 6.71 Å². The van der Waals surface area contributed by atoms with Gasteiger partial charge in [0.05, 0.1) is 27.2 Å². The average molecular weight is 648 g/mol. The van der Waals surface area contributed by atoms with Crippen LogP contribution in [0.1, 0.15) is 0 Å². The number of hydrogen-bond acceptors (Lipinski definition) is 4. The van der Waals surface area contributed by atoms with Crippen molar-refractivity contribution < 1.29 is 8.83 Å². The smallest absolute Gasteiger partial charge is 0.247 e. The monoisotopic (exact) mass is 647 g/mol. The molecule has 0 fully saturated rings. The molecule has 2 aliphatic rings. The molecule has 5 heterocycles. The third-order valence-electron chi connectivity index (χ3n) is 10.3. The van der Waals surface area contributed by atoms with Crippen molar-refractivity contribution in [1.82, 2.24) is 4.57 Å². The number of hydrogen-bond donors (Lipinski definition) is 0. The molecule has 0 bridgehead atoms. The molecule has 0 saturated heterocycles. The van der Waals surface area contributed by atoms with E-state index in [0.717, 1.165) is 66.0 Å². The molecule has 3 aromatic heterocycles. The predicted octanol–water partition coefficient (Wildman–Crippen LogP) is 10.0. The summed E-state index contributed by atoms with van der Waals surface area (Å²) in [7, 11) is 0. The summed E-state index contributed by atoms with van der Waals surface area (Å²) in [6, 6.07) is 48.2. The zero-order chi connectivity index (χ0) is 31.1. The molecule has 0 atom stereocenters. The summed E-state index contributed by atoms with van der Waals surface area (Å²) in [6.45, 7) is 0.219. The van der Waals surface area contributed by atoms with E-state index in [1.807, 2.05) is 29.6 Å². The molecule has 10 aromatic rings. The van der Waals surface area contributed by atoms with E-state index >= 15 is 0 Å². The van der Waals surface area contributed by atoms with Crippen LogP contribution in [0.3, 0.4) is 0 Å². The largest absolute Gasteiger partial charge is 0.455 e. The zero-order valence-corrected chi connectivity index (χ0v) is 27.0. The van der Waals surface area contributed by atoms with Gasteiger partial charge in [0.1, 0.15) is 22.3 Å². The van der Waals surface area contributed by atoms with Crippen LogP contribution in [0.2, 0.25) is 0 Å². The second-order valence-electron chi connectivity index (χ2n) is 12.7. The molecule has 7 aromatic carbocycles. The Labute approximate surface area is 283 Å². The van der Waals surface area contributed by atoms with Crippen molar-refractivity contribution in [1.29, 1.82) is 0 Å². The van der Waals surface area contributed by atoms with Crippen molar-refractivity contribution in [3.63, 3.8) is 0 Å². The van der Waals surface area contributed by atoms with Gasteiger partial charge in [0.2, 0.25) is 6.71 Å². The average Bonchev–Trinajstić information content (AvgIpc) is 3.81. The van der Waals surface area contributed by atoms with Gasteiger partial charge in [0.25, 0.3) is 0 Å². The molecular weight excluding hydrogens is 625 g/mol. The number of benzene rings is 7. The van der Waals surface area contributed by atoms with Gasteiger partial charge in [-0.1, -0.05) is 125 Å². The van der Waals surface area contributed by atoms with E-state index in [9.17, 15) is 0 Å². The molecule has 0 N–H and O–H groups in total. The molecule has 222 valence electrons. The minimum absolute atomic E-state index is 0.219. The van der Waals surface area contributed by atoms with Gasteiger partial charge in [0.15, 0.2) is 0 Å². The standard InChI is InChI=1S/C42H22BNO2S2/c1-6-16-29-24(11-1)36-40(37-25-12-2-7-17-30(25)45-42(37)38-26-13-3-8-18-31(26)46-41(36)38)44(29)23-21-34-39-35(22-23)48-33-20-10-5-15-28(33)43(39)27-14-4-9-19-32(27)47-34/h1-22H. The van der Waals surface area contributed by atoms with Crippen LogP contribution >= 0.6 is 23.5 Å². The fourth-order valence-corrected chi connectivity index (χ4v) is 10.9. The number of furan rings is 2. The van der Waals surface area contributed by atoms with Crippen LogP contribution in [-0.2, 0) is 0 Å². The fourth-order valence-electron chi connectivity index (χ4n) is 8.39. The van der Waals surface area contributed by atoms with Gasteiger partial charge < -0.3 is 13.4 Å². The summed E-state index contributed by atoms with van der Waals surface area (Å²) in [5.41, 5.74) is 11.1. The Hall–Kier alpha value is -5.30. The second kappa shape index (κ2) is 9.19. The van der Waals surface area contributed by atoms with Crippen molar-refractivity contribution in [2.75, 3.05) is 0 Å². The third kappa shape index (κ3) is 3.20. The van der Waals surface area contributed by atoms with E-state index in [0.29, 0.717) is 0 Å². The summed E-state index contributed by atoms with van der Waals surface area (Å²) < 4.78 is 16.0. The Bertz CT molecular complexity index is 2940. The predicted molar refractivity (Wildman–Crippen MR) is 201 cm³/mol. The molecular formula is C42H22BNO2S2. The van der Waals surface area contributed by atoms with Crippen molar-refractivity contribution in [3.8, 4) is 5.69 Å². The maximum atomic E-state index is 6.78. The molecule has 3 nitrogen and oxygen atoms in total. The van der Waals surface area contributed by atoms with E-state index < -0.39 is 0 Å². The van der Waals surface area contributed by atoms with Gasteiger partial charge in [-0.2, -0.15) is 0 Å². The number of rotatable bonds is 1. The fraction of sp³-hybridized carbons (Fsp3) is 0. The van der Waals surface area contributed by atoms with Gasteiger partial charge in [-0.25, -0.2) is 0 Å². The topological polar surface area (TPSA) is 31.2 Å². The van der Waals surface area contributed by atoms with Crippen LogP contribution in [0.5, 0.6) is 0 Å².